The maximum atomic E-state index is 13.8. The molecule has 1 saturated heterocycles. The second kappa shape index (κ2) is 8.07. The Labute approximate surface area is 176 Å². The Balaban J connectivity index is 1.91. The first kappa shape index (κ1) is 21.8. The minimum Gasteiger partial charge on any atom is -0.486 e. The highest BCUT2D eigenvalue weighted by Gasteiger charge is 2.51. The van der Waals surface area contributed by atoms with Crippen molar-refractivity contribution >= 4 is 38.9 Å². The van der Waals surface area contributed by atoms with Crippen LogP contribution in [0.15, 0.2) is 41.3 Å². The van der Waals surface area contributed by atoms with E-state index in [4.69, 9.17) is 34.5 Å². The monoisotopic (exact) mass is 460 g/mol. The number of benzene rings is 2. The maximum absolute atomic E-state index is 13.8. The zero-order chi connectivity index (χ0) is 21.4. The summed E-state index contributed by atoms with van der Waals surface area (Å²) in [5.41, 5.74) is -2.14. The third-order valence-corrected chi connectivity index (χ3v) is 7.33. The van der Waals surface area contributed by atoms with E-state index in [0.717, 1.165) is 10.4 Å². The first-order valence-corrected chi connectivity index (χ1v) is 10.4. The Morgan fingerprint density at radius 2 is 2.07 bits per heavy atom. The van der Waals surface area contributed by atoms with Gasteiger partial charge in [0.15, 0.2) is 0 Å². The molecule has 0 bridgehead atoms. The first-order chi connectivity index (χ1) is 13.6. The van der Waals surface area contributed by atoms with Gasteiger partial charge in [-0.2, -0.15) is 4.31 Å². The Kier molecular flexibility index (Phi) is 6.06. The predicted octanol–water partition coefficient (Wildman–Crippen LogP) is 2.86. The van der Waals surface area contributed by atoms with Gasteiger partial charge in [-0.3, -0.25) is 0 Å². The van der Waals surface area contributed by atoms with E-state index < -0.39 is 40.7 Å². The molecule has 3 rings (SSSR count). The SMILES string of the molecule is [C-]#[N+]c1ccc(O[C@H]2CN(S(=O)(=O)c3cccc(Cl)c3Cl)C[C@@]2(O)CO)cc1F. The van der Waals surface area contributed by atoms with Crippen molar-refractivity contribution in [2.75, 3.05) is 19.7 Å². The summed E-state index contributed by atoms with van der Waals surface area (Å²) >= 11 is 11.9. The van der Waals surface area contributed by atoms with Gasteiger partial charge in [-0.25, -0.2) is 17.7 Å². The van der Waals surface area contributed by atoms with E-state index in [0.29, 0.717) is 0 Å². The Bertz CT molecular complexity index is 1090. The van der Waals surface area contributed by atoms with E-state index in [1.165, 1.54) is 30.3 Å². The van der Waals surface area contributed by atoms with Gasteiger partial charge in [0, 0.05) is 12.6 Å². The summed E-state index contributed by atoms with van der Waals surface area (Å²) in [6.45, 7) is 5.27. The number of rotatable bonds is 5. The zero-order valence-electron chi connectivity index (χ0n) is 14.7. The average Bonchev–Trinajstić information content (AvgIpc) is 3.02. The Morgan fingerprint density at radius 1 is 1.34 bits per heavy atom. The third kappa shape index (κ3) is 4.05. The summed E-state index contributed by atoms with van der Waals surface area (Å²) in [4.78, 5) is 2.75. The lowest BCUT2D eigenvalue weighted by Gasteiger charge is -2.27. The fourth-order valence-corrected chi connectivity index (χ4v) is 5.19. The molecule has 0 aromatic heterocycles. The number of halogens is 3. The minimum absolute atomic E-state index is 0.0215. The first-order valence-electron chi connectivity index (χ1n) is 8.23. The van der Waals surface area contributed by atoms with Crippen LogP contribution in [0.2, 0.25) is 10.0 Å². The number of β-amino-alcohol motifs (C(OH)–C–C–N with tert-alkyl or cyclic N) is 1. The molecule has 0 saturated carbocycles. The Hall–Kier alpha value is -1.93. The van der Waals surface area contributed by atoms with Crippen molar-refractivity contribution < 1.29 is 27.8 Å². The highest BCUT2D eigenvalue weighted by atomic mass is 35.5. The molecule has 29 heavy (non-hydrogen) atoms. The lowest BCUT2D eigenvalue weighted by atomic mass is 10.0. The number of hydrogen-bond acceptors (Lipinski definition) is 5. The number of ether oxygens (including phenoxy) is 1. The number of aliphatic hydroxyl groups is 2. The Morgan fingerprint density at radius 3 is 2.69 bits per heavy atom. The summed E-state index contributed by atoms with van der Waals surface area (Å²) in [6.07, 6.45) is -1.20. The smallest absolute Gasteiger partial charge is 0.244 e. The predicted molar refractivity (Wildman–Crippen MR) is 104 cm³/mol. The van der Waals surface area contributed by atoms with Crippen molar-refractivity contribution in [1.82, 2.24) is 4.31 Å². The molecule has 2 N–H and O–H groups in total. The lowest BCUT2D eigenvalue weighted by molar-refractivity contribution is -0.0641. The summed E-state index contributed by atoms with van der Waals surface area (Å²) in [7, 11) is -4.17. The molecule has 0 amide bonds. The normalized spacial score (nSPS) is 22.4. The molecule has 0 unspecified atom stereocenters. The van der Waals surface area contributed by atoms with Crippen LogP contribution in [0.25, 0.3) is 4.85 Å². The quantitative estimate of drug-likeness (QED) is 0.669. The molecule has 7 nitrogen and oxygen atoms in total. The van der Waals surface area contributed by atoms with Crippen molar-refractivity contribution in [2.24, 2.45) is 0 Å². The van der Waals surface area contributed by atoms with Crippen LogP contribution in [0, 0.1) is 12.4 Å². The van der Waals surface area contributed by atoms with Gasteiger partial charge < -0.3 is 14.9 Å². The minimum atomic E-state index is -4.17. The third-order valence-electron chi connectivity index (χ3n) is 4.54. The summed E-state index contributed by atoms with van der Waals surface area (Å²) < 4.78 is 46.3. The van der Waals surface area contributed by atoms with Crippen LogP contribution in [0.3, 0.4) is 0 Å². The molecule has 0 radical (unpaired) electrons. The van der Waals surface area contributed by atoms with Gasteiger partial charge >= 0.3 is 0 Å². The van der Waals surface area contributed by atoms with Crippen LogP contribution in [0.4, 0.5) is 10.1 Å². The van der Waals surface area contributed by atoms with Crippen LogP contribution in [-0.4, -0.2) is 54.3 Å². The molecule has 2 aromatic rings. The molecule has 0 spiro atoms. The van der Waals surface area contributed by atoms with Crippen LogP contribution in [-0.2, 0) is 10.0 Å². The lowest BCUT2D eigenvalue weighted by Crippen LogP contribution is -2.48. The molecule has 1 heterocycles. The molecular weight excluding hydrogens is 446 g/mol. The fourth-order valence-electron chi connectivity index (χ4n) is 2.95. The molecule has 2 atom stereocenters. The molecule has 1 fully saturated rings. The van der Waals surface area contributed by atoms with Gasteiger partial charge in [0.25, 0.3) is 0 Å². The van der Waals surface area contributed by atoms with Gasteiger partial charge in [0.1, 0.15) is 28.2 Å². The van der Waals surface area contributed by atoms with E-state index in [1.54, 1.807) is 0 Å². The van der Waals surface area contributed by atoms with E-state index in [9.17, 15) is 23.0 Å². The molecule has 1 aliphatic rings. The van der Waals surface area contributed by atoms with E-state index in [2.05, 4.69) is 4.85 Å². The van der Waals surface area contributed by atoms with Gasteiger partial charge in [0.2, 0.25) is 15.7 Å². The number of hydrogen-bond donors (Lipinski definition) is 2. The summed E-state index contributed by atoms with van der Waals surface area (Å²) in [6, 6.07) is 7.60. The zero-order valence-corrected chi connectivity index (χ0v) is 17.0. The van der Waals surface area contributed by atoms with Crippen LogP contribution in [0.1, 0.15) is 0 Å². The number of aliphatic hydroxyl groups excluding tert-OH is 1. The topological polar surface area (TPSA) is 91.4 Å². The molecule has 11 heteroatoms. The molecule has 2 aromatic carbocycles. The van der Waals surface area contributed by atoms with Gasteiger partial charge in [-0.05, 0) is 24.3 Å². The molecule has 1 aliphatic heterocycles. The molecular formula is C18H15Cl2FN2O5S. The van der Waals surface area contributed by atoms with Gasteiger partial charge in [0.05, 0.1) is 29.8 Å². The van der Waals surface area contributed by atoms with E-state index >= 15 is 0 Å². The number of nitrogens with zero attached hydrogens (tertiary/aromatic N) is 2. The van der Waals surface area contributed by atoms with Crippen LogP contribution in [0.5, 0.6) is 5.75 Å². The van der Waals surface area contributed by atoms with Gasteiger partial charge in [-0.1, -0.05) is 29.3 Å². The van der Waals surface area contributed by atoms with Crippen LogP contribution >= 0.6 is 23.2 Å². The highest BCUT2D eigenvalue weighted by Crippen LogP contribution is 2.35. The second-order valence-electron chi connectivity index (χ2n) is 6.44. The second-order valence-corrected chi connectivity index (χ2v) is 9.13. The van der Waals surface area contributed by atoms with Crippen LogP contribution < -0.4 is 4.74 Å². The number of sulfonamides is 1. The molecule has 154 valence electrons. The van der Waals surface area contributed by atoms with Crippen molar-refractivity contribution in [3.05, 3.63) is 63.7 Å². The van der Waals surface area contributed by atoms with E-state index in [1.807, 2.05) is 0 Å². The van der Waals surface area contributed by atoms with Crippen molar-refractivity contribution in [3.63, 3.8) is 0 Å². The fraction of sp³-hybridized carbons (Fsp3) is 0.278. The van der Waals surface area contributed by atoms with Gasteiger partial charge in [-0.15, -0.1) is 0 Å². The highest BCUT2D eigenvalue weighted by molar-refractivity contribution is 7.89. The standard InChI is InChI=1S/C18H15Cl2FN2O5S/c1-22-14-6-5-11(7-13(14)21)28-16-8-23(9-18(16,25)10-24)29(26,27)15-4-2-3-12(19)17(15)20/h2-7,16,24-25H,8-10H2/t16-,18+/m0/s1. The summed E-state index contributed by atoms with van der Waals surface area (Å²) in [5, 5.41) is 20.2. The van der Waals surface area contributed by atoms with Crippen molar-refractivity contribution in [1.29, 1.82) is 0 Å². The molecule has 0 aliphatic carbocycles. The maximum Gasteiger partial charge on any atom is 0.244 e. The summed E-state index contributed by atoms with van der Waals surface area (Å²) in [5.74, 6) is -0.843. The average molecular weight is 461 g/mol. The van der Waals surface area contributed by atoms with Crippen molar-refractivity contribution in [3.8, 4) is 5.75 Å². The largest absolute Gasteiger partial charge is 0.486 e. The van der Waals surface area contributed by atoms with Crippen molar-refractivity contribution in [2.45, 2.75) is 16.6 Å². The van der Waals surface area contributed by atoms with E-state index in [-0.39, 0.29) is 32.9 Å².